The SMILES string of the molecule is CC(C)(C)OC(=O)NCC1CC1c1cc(Cl)c(F)cc1O. The van der Waals surface area contributed by atoms with Gasteiger partial charge in [0, 0.05) is 12.6 Å². The van der Waals surface area contributed by atoms with Crippen molar-refractivity contribution >= 4 is 17.7 Å². The Morgan fingerprint density at radius 2 is 2.19 bits per heavy atom. The lowest BCUT2D eigenvalue weighted by Gasteiger charge is -2.19. The molecule has 6 heteroatoms. The highest BCUT2D eigenvalue weighted by Crippen LogP contribution is 2.50. The highest BCUT2D eigenvalue weighted by Gasteiger charge is 2.40. The zero-order valence-electron chi connectivity index (χ0n) is 12.2. The zero-order chi connectivity index (χ0) is 15.8. The summed E-state index contributed by atoms with van der Waals surface area (Å²) in [7, 11) is 0. The summed E-state index contributed by atoms with van der Waals surface area (Å²) in [6.45, 7) is 5.84. The molecule has 0 saturated heterocycles. The monoisotopic (exact) mass is 315 g/mol. The van der Waals surface area contributed by atoms with Crippen LogP contribution in [0.2, 0.25) is 5.02 Å². The fraction of sp³-hybridized carbons (Fsp3) is 0.533. The summed E-state index contributed by atoms with van der Waals surface area (Å²) in [5.41, 5.74) is 0.0906. The molecule has 1 saturated carbocycles. The van der Waals surface area contributed by atoms with Gasteiger partial charge >= 0.3 is 6.09 Å². The van der Waals surface area contributed by atoms with Crippen LogP contribution in [0.25, 0.3) is 0 Å². The Kier molecular flexibility index (Phi) is 4.33. The van der Waals surface area contributed by atoms with Crippen LogP contribution in [-0.4, -0.2) is 23.3 Å². The lowest BCUT2D eigenvalue weighted by atomic mass is 10.1. The summed E-state index contributed by atoms with van der Waals surface area (Å²) in [6, 6.07) is 2.47. The maximum absolute atomic E-state index is 13.2. The van der Waals surface area contributed by atoms with E-state index in [4.69, 9.17) is 16.3 Å². The average molecular weight is 316 g/mol. The second-order valence-corrected chi connectivity index (χ2v) is 6.72. The molecule has 1 aromatic carbocycles. The van der Waals surface area contributed by atoms with Crippen LogP contribution >= 0.6 is 11.6 Å². The Bertz CT molecular complexity index is 557. The molecule has 1 aliphatic rings. The molecule has 0 spiro atoms. The normalized spacial score (nSPS) is 21.0. The minimum Gasteiger partial charge on any atom is -0.508 e. The molecule has 0 aliphatic heterocycles. The molecule has 21 heavy (non-hydrogen) atoms. The van der Waals surface area contributed by atoms with Crippen molar-refractivity contribution in [2.24, 2.45) is 5.92 Å². The summed E-state index contributed by atoms with van der Waals surface area (Å²) in [5, 5.41) is 12.5. The molecule has 2 rings (SSSR count). The second kappa shape index (κ2) is 5.72. The molecule has 0 radical (unpaired) electrons. The van der Waals surface area contributed by atoms with Gasteiger partial charge in [-0.2, -0.15) is 0 Å². The number of amides is 1. The Morgan fingerprint density at radius 1 is 1.52 bits per heavy atom. The number of rotatable bonds is 3. The van der Waals surface area contributed by atoms with Gasteiger partial charge in [0.15, 0.2) is 0 Å². The van der Waals surface area contributed by atoms with Crippen molar-refractivity contribution in [3.05, 3.63) is 28.5 Å². The number of alkyl carbamates (subject to hydrolysis) is 1. The number of ether oxygens (including phenoxy) is 1. The first-order chi connectivity index (χ1) is 9.67. The van der Waals surface area contributed by atoms with E-state index in [0.717, 1.165) is 12.5 Å². The van der Waals surface area contributed by atoms with Crippen molar-refractivity contribution in [3.8, 4) is 5.75 Å². The maximum Gasteiger partial charge on any atom is 0.407 e. The first-order valence-corrected chi connectivity index (χ1v) is 7.20. The van der Waals surface area contributed by atoms with E-state index in [0.29, 0.717) is 12.1 Å². The van der Waals surface area contributed by atoms with Crippen LogP contribution in [-0.2, 0) is 4.74 Å². The number of hydrogen-bond acceptors (Lipinski definition) is 3. The van der Waals surface area contributed by atoms with Gasteiger partial charge in [0.2, 0.25) is 0 Å². The number of carbonyl (C=O) groups is 1. The van der Waals surface area contributed by atoms with Crippen LogP contribution in [0.5, 0.6) is 5.75 Å². The van der Waals surface area contributed by atoms with Crippen molar-refractivity contribution in [1.29, 1.82) is 0 Å². The topological polar surface area (TPSA) is 58.6 Å². The number of carbonyl (C=O) groups excluding carboxylic acids is 1. The summed E-state index contributed by atoms with van der Waals surface area (Å²) in [5.74, 6) is -0.452. The molecule has 2 N–H and O–H groups in total. The van der Waals surface area contributed by atoms with Gasteiger partial charge in [-0.25, -0.2) is 9.18 Å². The predicted molar refractivity (Wildman–Crippen MR) is 78.2 cm³/mol. The van der Waals surface area contributed by atoms with Gasteiger partial charge in [0.05, 0.1) is 5.02 Å². The van der Waals surface area contributed by atoms with Gasteiger partial charge in [0.25, 0.3) is 0 Å². The van der Waals surface area contributed by atoms with Crippen LogP contribution in [0.4, 0.5) is 9.18 Å². The van der Waals surface area contributed by atoms with Gasteiger partial charge in [-0.05, 0) is 50.7 Å². The fourth-order valence-electron chi connectivity index (χ4n) is 2.23. The molecule has 116 valence electrons. The molecule has 2 unspecified atom stereocenters. The predicted octanol–water partition coefficient (Wildman–Crippen LogP) is 3.81. The fourth-order valence-corrected chi connectivity index (χ4v) is 2.40. The quantitative estimate of drug-likeness (QED) is 0.891. The molecule has 2 atom stereocenters. The van der Waals surface area contributed by atoms with E-state index in [2.05, 4.69) is 5.32 Å². The highest BCUT2D eigenvalue weighted by molar-refractivity contribution is 6.30. The van der Waals surface area contributed by atoms with Crippen molar-refractivity contribution in [1.82, 2.24) is 5.32 Å². The van der Waals surface area contributed by atoms with Gasteiger partial charge < -0.3 is 15.2 Å². The van der Waals surface area contributed by atoms with Crippen molar-refractivity contribution < 1.29 is 19.0 Å². The standard InChI is InChI=1S/C15H19ClFNO3/c1-15(2,3)21-14(20)18-7-8-4-9(8)10-5-11(16)12(17)6-13(10)19/h5-6,8-9,19H,4,7H2,1-3H3,(H,18,20). The van der Waals surface area contributed by atoms with Crippen molar-refractivity contribution in [2.45, 2.75) is 38.7 Å². The van der Waals surface area contributed by atoms with Gasteiger partial charge in [-0.1, -0.05) is 11.6 Å². The number of halogens is 2. The van der Waals surface area contributed by atoms with E-state index in [1.807, 2.05) is 0 Å². The number of aromatic hydroxyl groups is 1. The molecule has 0 bridgehead atoms. The second-order valence-electron chi connectivity index (χ2n) is 6.31. The van der Waals surface area contributed by atoms with E-state index in [9.17, 15) is 14.3 Å². The van der Waals surface area contributed by atoms with Gasteiger partial charge in [0.1, 0.15) is 17.2 Å². The Morgan fingerprint density at radius 3 is 2.81 bits per heavy atom. The molecule has 1 aliphatic carbocycles. The summed E-state index contributed by atoms with van der Waals surface area (Å²) < 4.78 is 18.3. The Labute approximate surface area is 128 Å². The van der Waals surface area contributed by atoms with Crippen LogP contribution in [0.3, 0.4) is 0 Å². The van der Waals surface area contributed by atoms with Crippen molar-refractivity contribution in [3.63, 3.8) is 0 Å². The number of nitrogens with one attached hydrogen (secondary N) is 1. The van der Waals surface area contributed by atoms with Crippen LogP contribution in [0.15, 0.2) is 12.1 Å². The minimum atomic E-state index is -0.637. The average Bonchev–Trinajstić information content (AvgIpc) is 3.08. The third kappa shape index (κ3) is 4.24. The smallest absolute Gasteiger partial charge is 0.407 e. The Balaban J connectivity index is 1.88. The third-order valence-electron chi connectivity index (χ3n) is 3.30. The minimum absolute atomic E-state index is 0.00597. The van der Waals surface area contributed by atoms with E-state index >= 15 is 0 Å². The van der Waals surface area contributed by atoms with Crippen molar-refractivity contribution in [2.75, 3.05) is 6.54 Å². The number of phenols is 1. The molecule has 0 heterocycles. The summed E-state index contributed by atoms with van der Waals surface area (Å²) >= 11 is 5.73. The van der Waals surface area contributed by atoms with Gasteiger partial charge in [-0.15, -0.1) is 0 Å². The zero-order valence-corrected chi connectivity index (χ0v) is 13.0. The number of phenolic OH excluding ortho intramolecular Hbond substituents is 1. The summed E-state index contributed by atoms with van der Waals surface area (Å²) in [4.78, 5) is 11.5. The van der Waals surface area contributed by atoms with E-state index in [1.165, 1.54) is 6.07 Å². The summed E-state index contributed by atoms with van der Waals surface area (Å²) in [6.07, 6.45) is 0.347. The van der Waals surface area contributed by atoms with Crippen LogP contribution < -0.4 is 5.32 Å². The number of benzene rings is 1. The molecule has 4 nitrogen and oxygen atoms in total. The molecular formula is C15H19ClFNO3. The van der Waals surface area contributed by atoms with E-state index < -0.39 is 17.5 Å². The molecule has 1 aromatic rings. The van der Waals surface area contributed by atoms with Gasteiger partial charge in [-0.3, -0.25) is 0 Å². The van der Waals surface area contributed by atoms with Crippen LogP contribution in [0.1, 0.15) is 38.7 Å². The third-order valence-corrected chi connectivity index (χ3v) is 3.59. The molecular weight excluding hydrogens is 297 g/mol. The largest absolute Gasteiger partial charge is 0.508 e. The van der Waals surface area contributed by atoms with Crippen LogP contribution in [0, 0.1) is 11.7 Å². The van der Waals surface area contributed by atoms with E-state index in [1.54, 1.807) is 20.8 Å². The molecule has 1 fully saturated rings. The molecule has 0 aromatic heterocycles. The first-order valence-electron chi connectivity index (χ1n) is 6.82. The number of hydrogen-bond donors (Lipinski definition) is 2. The highest BCUT2D eigenvalue weighted by atomic mass is 35.5. The first kappa shape index (κ1) is 15.9. The lowest BCUT2D eigenvalue weighted by Crippen LogP contribution is -2.33. The maximum atomic E-state index is 13.2. The lowest BCUT2D eigenvalue weighted by molar-refractivity contribution is 0.0525. The molecule has 1 amide bonds. The van der Waals surface area contributed by atoms with E-state index in [-0.39, 0.29) is 22.6 Å². The Hall–Kier alpha value is -1.49.